The smallest absolute Gasteiger partial charge is 0.263 e. The summed E-state index contributed by atoms with van der Waals surface area (Å²) >= 11 is 1.82. The van der Waals surface area contributed by atoms with Gasteiger partial charge in [0.1, 0.15) is 4.75 Å². The van der Waals surface area contributed by atoms with Crippen molar-refractivity contribution in [3.8, 4) is 0 Å². The molecule has 0 aromatic carbocycles. The van der Waals surface area contributed by atoms with Crippen LogP contribution in [0.5, 0.6) is 0 Å². The highest BCUT2D eigenvalue weighted by atomic mass is 32.2. The van der Waals surface area contributed by atoms with Gasteiger partial charge in [0.25, 0.3) is 5.91 Å². The van der Waals surface area contributed by atoms with E-state index in [4.69, 9.17) is 0 Å². The number of hydrogen-bond acceptors (Lipinski definition) is 2. The maximum absolute atomic E-state index is 12.3. The fraction of sp³-hybridized carbons (Fsp3) is 0.889. The van der Waals surface area contributed by atoms with Crippen molar-refractivity contribution in [3.05, 3.63) is 0 Å². The molecule has 1 amide bonds. The number of nitrogens with zero attached hydrogens (tertiary/aromatic N) is 1. The van der Waals surface area contributed by atoms with E-state index in [1.807, 2.05) is 11.8 Å². The van der Waals surface area contributed by atoms with Gasteiger partial charge < -0.3 is 0 Å². The Kier molecular flexibility index (Phi) is 3.30. The second kappa shape index (κ2) is 4.84. The molecule has 0 unspecified atom stereocenters. The molecule has 0 atom stereocenters. The topological polar surface area (TPSA) is 29.4 Å². The van der Waals surface area contributed by atoms with Gasteiger partial charge in [-0.25, -0.2) is 4.99 Å². The van der Waals surface area contributed by atoms with E-state index in [1.54, 1.807) is 0 Å². The molecule has 21 heavy (non-hydrogen) atoms. The minimum atomic E-state index is -0.225. The van der Waals surface area contributed by atoms with Gasteiger partial charge in [-0.15, -0.1) is 0 Å². The minimum absolute atomic E-state index is 0.150. The maximum Gasteiger partial charge on any atom is 0.263 e. The summed E-state index contributed by atoms with van der Waals surface area (Å²) < 4.78 is -0.225. The molecule has 0 spiro atoms. The van der Waals surface area contributed by atoms with E-state index in [-0.39, 0.29) is 10.7 Å². The molecule has 0 radical (unpaired) electrons. The van der Waals surface area contributed by atoms with Crippen molar-refractivity contribution in [1.82, 2.24) is 0 Å². The third-order valence-corrected chi connectivity index (χ3v) is 8.38. The van der Waals surface area contributed by atoms with Crippen LogP contribution < -0.4 is 0 Å². The zero-order valence-electron chi connectivity index (χ0n) is 13.4. The van der Waals surface area contributed by atoms with Gasteiger partial charge in [-0.05, 0) is 74.5 Å². The Morgan fingerprint density at radius 2 is 1.57 bits per heavy atom. The van der Waals surface area contributed by atoms with Crippen molar-refractivity contribution in [3.63, 3.8) is 0 Å². The number of hydrogen-bond donors (Lipinski definition) is 0. The maximum atomic E-state index is 12.3. The summed E-state index contributed by atoms with van der Waals surface area (Å²) in [6.45, 7) is 4.27. The van der Waals surface area contributed by atoms with Crippen LogP contribution in [-0.2, 0) is 4.79 Å². The molecule has 4 bridgehead atoms. The molecule has 0 saturated heterocycles. The van der Waals surface area contributed by atoms with E-state index in [0.717, 1.165) is 37.0 Å². The third kappa shape index (κ3) is 2.22. The predicted octanol–water partition coefficient (Wildman–Crippen LogP) is 4.82. The normalized spacial score (nSPS) is 43.4. The van der Waals surface area contributed by atoms with Gasteiger partial charge in [0, 0.05) is 6.42 Å². The lowest BCUT2D eigenvalue weighted by Gasteiger charge is -2.57. The van der Waals surface area contributed by atoms with Crippen LogP contribution in [0.4, 0.5) is 0 Å². The minimum Gasteiger partial charge on any atom is -0.271 e. The van der Waals surface area contributed by atoms with Gasteiger partial charge in [0.2, 0.25) is 0 Å². The molecule has 4 fully saturated rings. The Balaban J connectivity index is 1.52. The predicted molar refractivity (Wildman–Crippen MR) is 88.6 cm³/mol. The molecule has 4 saturated carbocycles. The molecule has 3 heteroatoms. The van der Waals surface area contributed by atoms with Crippen LogP contribution in [0.25, 0.3) is 0 Å². The number of amides is 1. The molecule has 5 aliphatic rings. The molecule has 0 aromatic heterocycles. The summed E-state index contributed by atoms with van der Waals surface area (Å²) in [5.74, 6) is 3.11. The first kappa shape index (κ1) is 14.3. The molecule has 5 rings (SSSR count). The summed E-state index contributed by atoms with van der Waals surface area (Å²) in [5.41, 5.74) is 0.512. The monoisotopic (exact) mass is 305 g/mol. The van der Waals surface area contributed by atoms with E-state index in [0.29, 0.717) is 5.41 Å². The number of carbonyl (C=O) groups excluding carboxylic acids is 1. The van der Waals surface area contributed by atoms with Gasteiger partial charge >= 0.3 is 0 Å². The van der Waals surface area contributed by atoms with Crippen molar-refractivity contribution >= 4 is 22.7 Å². The molecule has 116 valence electrons. The highest BCUT2D eigenvalue weighted by Crippen LogP contribution is 2.62. The summed E-state index contributed by atoms with van der Waals surface area (Å²) in [6.07, 6.45) is 11.7. The van der Waals surface area contributed by atoms with Crippen LogP contribution in [-0.4, -0.2) is 15.7 Å². The van der Waals surface area contributed by atoms with Crippen LogP contribution in [0.15, 0.2) is 4.99 Å². The first-order chi connectivity index (χ1) is 10.1. The molecule has 2 nitrogen and oxygen atoms in total. The second-order valence-corrected chi connectivity index (χ2v) is 9.67. The van der Waals surface area contributed by atoms with Gasteiger partial charge in [0.15, 0.2) is 0 Å². The van der Waals surface area contributed by atoms with E-state index >= 15 is 0 Å². The average molecular weight is 305 g/mol. The fourth-order valence-electron chi connectivity index (χ4n) is 6.11. The first-order valence-electron chi connectivity index (χ1n) is 8.87. The van der Waals surface area contributed by atoms with Crippen LogP contribution in [0.1, 0.15) is 71.6 Å². The SMILES string of the molecule is CCC1(CC)SC(CC23CC4CC(CC(C4)C2)C3)=NC1=O. The van der Waals surface area contributed by atoms with Crippen molar-refractivity contribution in [2.45, 2.75) is 76.4 Å². The zero-order valence-corrected chi connectivity index (χ0v) is 14.2. The zero-order chi connectivity index (χ0) is 14.7. The Morgan fingerprint density at radius 1 is 1.05 bits per heavy atom. The van der Waals surface area contributed by atoms with Gasteiger partial charge in [0.05, 0.1) is 5.04 Å². The average Bonchev–Trinajstić information content (AvgIpc) is 2.72. The van der Waals surface area contributed by atoms with Crippen molar-refractivity contribution < 1.29 is 4.79 Å². The van der Waals surface area contributed by atoms with Crippen LogP contribution in [0.2, 0.25) is 0 Å². The van der Waals surface area contributed by atoms with Gasteiger partial charge in [-0.3, -0.25) is 4.79 Å². The molecule has 4 aliphatic carbocycles. The van der Waals surface area contributed by atoms with E-state index in [2.05, 4.69) is 18.8 Å². The largest absolute Gasteiger partial charge is 0.271 e. The summed E-state index contributed by atoms with van der Waals surface area (Å²) in [5, 5.41) is 1.17. The number of carbonyl (C=O) groups is 1. The quantitative estimate of drug-likeness (QED) is 0.745. The second-order valence-electron chi connectivity index (χ2n) is 8.21. The Hall–Kier alpha value is -0.310. The lowest BCUT2D eigenvalue weighted by atomic mass is 9.49. The van der Waals surface area contributed by atoms with E-state index < -0.39 is 0 Å². The van der Waals surface area contributed by atoms with Crippen LogP contribution in [0, 0.1) is 23.2 Å². The Bertz CT molecular complexity index is 456. The molecule has 1 heterocycles. The number of rotatable bonds is 4. The Morgan fingerprint density at radius 3 is 2.00 bits per heavy atom. The first-order valence-corrected chi connectivity index (χ1v) is 9.69. The summed E-state index contributed by atoms with van der Waals surface area (Å²) in [6, 6.07) is 0. The standard InChI is InChI=1S/C18H27NOS/c1-3-18(4-2)16(20)19-15(21-18)11-17-8-12-5-13(9-17)7-14(6-12)10-17/h12-14H,3-11H2,1-2H3. The number of aliphatic imine (C=N–C) groups is 1. The van der Waals surface area contributed by atoms with Crippen molar-refractivity contribution in [1.29, 1.82) is 0 Å². The van der Waals surface area contributed by atoms with E-state index in [1.165, 1.54) is 43.6 Å². The molecule has 0 aromatic rings. The summed E-state index contributed by atoms with van der Waals surface area (Å²) in [7, 11) is 0. The highest BCUT2D eigenvalue weighted by Gasteiger charge is 2.52. The van der Waals surface area contributed by atoms with Gasteiger partial charge in [-0.2, -0.15) is 0 Å². The van der Waals surface area contributed by atoms with Crippen LogP contribution in [0.3, 0.4) is 0 Å². The lowest BCUT2D eigenvalue weighted by molar-refractivity contribution is -0.119. The fourth-order valence-corrected chi connectivity index (χ4v) is 7.49. The highest BCUT2D eigenvalue weighted by molar-refractivity contribution is 8.16. The van der Waals surface area contributed by atoms with Crippen molar-refractivity contribution in [2.24, 2.45) is 28.2 Å². The van der Waals surface area contributed by atoms with Crippen molar-refractivity contribution in [2.75, 3.05) is 0 Å². The molecule has 1 aliphatic heterocycles. The van der Waals surface area contributed by atoms with Crippen LogP contribution >= 0.6 is 11.8 Å². The lowest BCUT2D eigenvalue weighted by Crippen LogP contribution is -2.46. The van der Waals surface area contributed by atoms with E-state index in [9.17, 15) is 4.79 Å². The third-order valence-electron chi connectivity index (χ3n) is 6.76. The molecular formula is C18H27NOS. The van der Waals surface area contributed by atoms with Gasteiger partial charge in [-0.1, -0.05) is 25.6 Å². The molecule has 0 N–H and O–H groups in total. The summed E-state index contributed by atoms with van der Waals surface area (Å²) in [4.78, 5) is 16.8. The Labute approximate surface area is 132 Å². The number of thioether (sulfide) groups is 1. The molecular weight excluding hydrogens is 278 g/mol.